The second-order valence-electron chi connectivity index (χ2n) is 5.78. The number of rotatable bonds is 5. The Kier molecular flexibility index (Phi) is 5.02. The Morgan fingerprint density at radius 3 is 2.82 bits per heavy atom. The Hall–Kier alpha value is -0.370. The third-order valence-electron chi connectivity index (χ3n) is 4.56. The largest absolute Gasteiger partial charge is 0.378 e. The number of hydrogen-bond acceptors (Lipinski definition) is 2. The lowest BCUT2D eigenvalue weighted by Gasteiger charge is -2.28. The summed E-state index contributed by atoms with van der Waals surface area (Å²) in [7, 11) is 0. The van der Waals surface area contributed by atoms with Crippen LogP contribution in [0.4, 0.5) is 0 Å². The van der Waals surface area contributed by atoms with Crippen molar-refractivity contribution in [2.45, 2.75) is 70.8 Å². The first-order chi connectivity index (χ1) is 8.29. The SMILES string of the molecule is CCC1CCCC(OCCC2CCCC2=O)C1. The molecule has 0 bridgehead atoms. The van der Waals surface area contributed by atoms with Gasteiger partial charge in [0.2, 0.25) is 0 Å². The molecule has 2 saturated carbocycles. The molecule has 0 aliphatic heterocycles. The summed E-state index contributed by atoms with van der Waals surface area (Å²) >= 11 is 0. The monoisotopic (exact) mass is 238 g/mol. The van der Waals surface area contributed by atoms with E-state index in [0.29, 0.717) is 17.8 Å². The van der Waals surface area contributed by atoms with Crippen LogP contribution in [0.2, 0.25) is 0 Å². The van der Waals surface area contributed by atoms with Gasteiger partial charge in [0.05, 0.1) is 6.10 Å². The minimum atomic E-state index is 0.320. The standard InChI is InChI=1S/C15H26O2/c1-2-12-5-3-7-14(11-12)17-10-9-13-6-4-8-15(13)16/h12-14H,2-11H2,1H3. The fourth-order valence-corrected chi connectivity index (χ4v) is 3.33. The summed E-state index contributed by atoms with van der Waals surface area (Å²) in [5, 5.41) is 0. The van der Waals surface area contributed by atoms with Gasteiger partial charge in [0, 0.05) is 18.9 Å². The second kappa shape index (κ2) is 6.53. The number of hydrogen-bond donors (Lipinski definition) is 0. The van der Waals surface area contributed by atoms with Crippen LogP contribution in [0, 0.1) is 11.8 Å². The normalized spacial score (nSPS) is 34.2. The molecule has 0 spiro atoms. The van der Waals surface area contributed by atoms with Crippen molar-refractivity contribution in [1.82, 2.24) is 0 Å². The fraction of sp³-hybridized carbons (Fsp3) is 0.933. The summed E-state index contributed by atoms with van der Waals surface area (Å²) in [6.45, 7) is 3.09. The van der Waals surface area contributed by atoms with E-state index in [-0.39, 0.29) is 0 Å². The highest BCUT2D eigenvalue weighted by Gasteiger charge is 2.25. The van der Waals surface area contributed by atoms with Crippen LogP contribution in [0.3, 0.4) is 0 Å². The predicted molar refractivity (Wildman–Crippen MR) is 69.0 cm³/mol. The van der Waals surface area contributed by atoms with Gasteiger partial charge in [-0.15, -0.1) is 0 Å². The Labute approximate surface area is 105 Å². The van der Waals surface area contributed by atoms with E-state index in [1.807, 2.05) is 0 Å². The first-order valence-electron chi connectivity index (χ1n) is 7.44. The maximum absolute atomic E-state index is 11.5. The Morgan fingerprint density at radius 1 is 1.24 bits per heavy atom. The first-order valence-corrected chi connectivity index (χ1v) is 7.44. The van der Waals surface area contributed by atoms with Crippen LogP contribution in [-0.4, -0.2) is 18.5 Å². The quantitative estimate of drug-likeness (QED) is 0.729. The van der Waals surface area contributed by atoms with Gasteiger partial charge in [-0.1, -0.05) is 26.2 Å². The third kappa shape index (κ3) is 3.80. The number of ether oxygens (including phenoxy) is 1. The first kappa shape index (κ1) is 13.1. The van der Waals surface area contributed by atoms with Crippen molar-refractivity contribution < 1.29 is 9.53 Å². The molecule has 0 aromatic rings. The highest BCUT2D eigenvalue weighted by atomic mass is 16.5. The van der Waals surface area contributed by atoms with Gasteiger partial charge < -0.3 is 4.74 Å². The van der Waals surface area contributed by atoms with Crippen molar-refractivity contribution in [2.75, 3.05) is 6.61 Å². The molecular weight excluding hydrogens is 212 g/mol. The lowest BCUT2D eigenvalue weighted by molar-refractivity contribution is -0.121. The van der Waals surface area contributed by atoms with E-state index in [4.69, 9.17) is 4.74 Å². The number of carbonyl (C=O) groups excluding carboxylic acids is 1. The molecule has 0 N–H and O–H groups in total. The molecule has 0 radical (unpaired) electrons. The van der Waals surface area contributed by atoms with Crippen molar-refractivity contribution in [3.8, 4) is 0 Å². The molecule has 0 aromatic carbocycles. The highest BCUT2D eigenvalue weighted by molar-refractivity contribution is 5.82. The average molecular weight is 238 g/mol. The molecule has 0 saturated heterocycles. The van der Waals surface area contributed by atoms with Gasteiger partial charge in [0.15, 0.2) is 0 Å². The zero-order chi connectivity index (χ0) is 12.1. The molecule has 2 aliphatic carbocycles. The molecule has 98 valence electrons. The van der Waals surface area contributed by atoms with Crippen LogP contribution in [-0.2, 0) is 9.53 Å². The minimum Gasteiger partial charge on any atom is -0.378 e. The van der Waals surface area contributed by atoms with Crippen LogP contribution in [0.5, 0.6) is 0 Å². The molecule has 2 fully saturated rings. The maximum Gasteiger partial charge on any atom is 0.136 e. The van der Waals surface area contributed by atoms with Crippen LogP contribution in [0.1, 0.15) is 64.7 Å². The molecule has 3 atom stereocenters. The third-order valence-corrected chi connectivity index (χ3v) is 4.56. The van der Waals surface area contributed by atoms with E-state index in [9.17, 15) is 4.79 Å². The van der Waals surface area contributed by atoms with E-state index in [1.165, 1.54) is 32.1 Å². The maximum atomic E-state index is 11.5. The van der Waals surface area contributed by atoms with E-state index in [2.05, 4.69) is 6.92 Å². The van der Waals surface area contributed by atoms with Gasteiger partial charge >= 0.3 is 0 Å². The zero-order valence-electron chi connectivity index (χ0n) is 11.1. The van der Waals surface area contributed by atoms with Crippen molar-refractivity contribution in [3.63, 3.8) is 0 Å². The number of carbonyl (C=O) groups is 1. The molecule has 0 heterocycles. The molecule has 2 heteroatoms. The topological polar surface area (TPSA) is 26.3 Å². The van der Waals surface area contributed by atoms with Gasteiger partial charge in [0.25, 0.3) is 0 Å². The molecule has 2 rings (SSSR count). The zero-order valence-corrected chi connectivity index (χ0v) is 11.1. The van der Waals surface area contributed by atoms with E-state index >= 15 is 0 Å². The summed E-state index contributed by atoms with van der Waals surface area (Å²) in [5.41, 5.74) is 0. The lowest BCUT2D eigenvalue weighted by Crippen LogP contribution is -2.24. The summed E-state index contributed by atoms with van der Waals surface area (Å²) < 4.78 is 5.97. The number of Topliss-reactive ketones (excluding diaryl/α,β-unsaturated/α-hetero) is 1. The molecule has 0 aromatic heterocycles. The van der Waals surface area contributed by atoms with Gasteiger partial charge in [0.1, 0.15) is 5.78 Å². The van der Waals surface area contributed by atoms with Gasteiger partial charge in [-0.05, 0) is 38.0 Å². The average Bonchev–Trinajstić information content (AvgIpc) is 2.76. The Bertz CT molecular complexity index is 249. The van der Waals surface area contributed by atoms with E-state index in [0.717, 1.165) is 38.2 Å². The summed E-state index contributed by atoms with van der Waals surface area (Å²) in [6.07, 6.45) is 10.9. The van der Waals surface area contributed by atoms with Gasteiger partial charge in [-0.2, -0.15) is 0 Å². The van der Waals surface area contributed by atoms with Crippen LogP contribution < -0.4 is 0 Å². The second-order valence-corrected chi connectivity index (χ2v) is 5.78. The highest BCUT2D eigenvalue weighted by Crippen LogP contribution is 2.29. The van der Waals surface area contributed by atoms with Crippen LogP contribution >= 0.6 is 0 Å². The van der Waals surface area contributed by atoms with Crippen LogP contribution in [0.15, 0.2) is 0 Å². The minimum absolute atomic E-state index is 0.320. The van der Waals surface area contributed by atoms with Crippen molar-refractivity contribution in [3.05, 3.63) is 0 Å². The van der Waals surface area contributed by atoms with Crippen LogP contribution in [0.25, 0.3) is 0 Å². The van der Waals surface area contributed by atoms with Crippen molar-refractivity contribution in [2.24, 2.45) is 11.8 Å². The summed E-state index contributed by atoms with van der Waals surface area (Å²) in [6, 6.07) is 0. The lowest BCUT2D eigenvalue weighted by atomic mass is 9.85. The Balaban J connectivity index is 1.62. The molecular formula is C15H26O2. The summed E-state index contributed by atoms with van der Waals surface area (Å²) in [4.78, 5) is 11.5. The van der Waals surface area contributed by atoms with Crippen molar-refractivity contribution in [1.29, 1.82) is 0 Å². The smallest absolute Gasteiger partial charge is 0.136 e. The molecule has 17 heavy (non-hydrogen) atoms. The molecule has 0 amide bonds. The molecule has 3 unspecified atom stereocenters. The predicted octanol–water partition coefficient (Wildman–Crippen LogP) is 3.73. The van der Waals surface area contributed by atoms with Gasteiger partial charge in [-0.3, -0.25) is 4.79 Å². The van der Waals surface area contributed by atoms with Gasteiger partial charge in [-0.25, -0.2) is 0 Å². The Morgan fingerprint density at radius 2 is 2.12 bits per heavy atom. The van der Waals surface area contributed by atoms with Crippen molar-refractivity contribution >= 4 is 5.78 Å². The number of ketones is 1. The fourth-order valence-electron chi connectivity index (χ4n) is 3.33. The van der Waals surface area contributed by atoms with E-state index in [1.54, 1.807) is 0 Å². The molecule has 2 nitrogen and oxygen atoms in total. The summed E-state index contributed by atoms with van der Waals surface area (Å²) in [5.74, 6) is 1.67. The molecule has 2 aliphatic rings. The van der Waals surface area contributed by atoms with E-state index < -0.39 is 0 Å².